The lowest BCUT2D eigenvalue weighted by atomic mass is 10.1. The molecule has 1 aliphatic heterocycles. The van der Waals surface area contributed by atoms with E-state index >= 15 is 0 Å². The van der Waals surface area contributed by atoms with Crippen LogP contribution in [0.25, 0.3) is 0 Å². The zero-order valence-corrected chi connectivity index (χ0v) is 15.1. The van der Waals surface area contributed by atoms with Gasteiger partial charge >= 0.3 is 0 Å². The molecule has 0 fully saturated rings. The zero-order chi connectivity index (χ0) is 18.1. The molecule has 0 spiro atoms. The third kappa shape index (κ3) is 3.30. The lowest BCUT2D eigenvalue weighted by Crippen LogP contribution is -2.34. The average molecular weight is 355 g/mol. The van der Waals surface area contributed by atoms with Crippen LogP contribution < -0.4 is 10.2 Å². The molecule has 0 bridgehead atoms. The molecule has 1 aliphatic rings. The highest BCUT2D eigenvalue weighted by atomic mass is 35.5. The number of halogens is 1. The molecule has 5 heteroatoms. The molecule has 1 heterocycles. The second-order valence-electron chi connectivity index (χ2n) is 6.26. The maximum Gasteiger partial charge on any atom is 0.283 e. The molecular formula is C20H19ClN2O2. The molecule has 0 saturated heterocycles. The molecule has 1 unspecified atom stereocenters. The van der Waals surface area contributed by atoms with Crippen molar-refractivity contribution >= 4 is 29.1 Å². The fourth-order valence-corrected chi connectivity index (χ4v) is 3.20. The van der Waals surface area contributed by atoms with Crippen LogP contribution in [0.2, 0.25) is 0 Å². The number of carbonyl (C=O) groups excluding carboxylic acids is 2. The summed E-state index contributed by atoms with van der Waals surface area (Å²) in [6.45, 7) is 5.77. The highest BCUT2D eigenvalue weighted by Gasteiger charge is 2.39. The summed E-state index contributed by atoms with van der Waals surface area (Å²) in [5.74, 6) is -0.929. The molecule has 0 aromatic heterocycles. The highest BCUT2D eigenvalue weighted by Crippen LogP contribution is 2.30. The van der Waals surface area contributed by atoms with Crippen LogP contribution in [0.15, 0.2) is 59.3 Å². The Balaban J connectivity index is 1.89. The van der Waals surface area contributed by atoms with Crippen molar-refractivity contribution in [2.24, 2.45) is 0 Å². The Morgan fingerprint density at radius 3 is 2.16 bits per heavy atom. The van der Waals surface area contributed by atoms with Gasteiger partial charge in [0.2, 0.25) is 0 Å². The van der Waals surface area contributed by atoms with E-state index in [4.69, 9.17) is 11.6 Å². The predicted octanol–water partition coefficient (Wildman–Crippen LogP) is 3.98. The van der Waals surface area contributed by atoms with Gasteiger partial charge in [-0.3, -0.25) is 9.59 Å². The maximum absolute atomic E-state index is 12.8. The predicted molar refractivity (Wildman–Crippen MR) is 99.3 cm³/mol. The van der Waals surface area contributed by atoms with Crippen LogP contribution >= 0.6 is 11.6 Å². The van der Waals surface area contributed by atoms with Gasteiger partial charge in [0.15, 0.2) is 0 Å². The van der Waals surface area contributed by atoms with E-state index in [1.165, 1.54) is 0 Å². The summed E-state index contributed by atoms with van der Waals surface area (Å²) in [5.41, 5.74) is 3.64. The quantitative estimate of drug-likeness (QED) is 0.845. The molecule has 0 aliphatic carbocycles. The van der Waals surface area contributed by atoms with Gasteiger partial charge in [0.25, 0.3) is 11.8 Å². The third-order valence-electron chi connectivity index (χ3n) is 4.15. The molecule has 2 aromatic rings. The van der Waals surface area contributed by atoms with E-state index in [-0.39, 0.29) is 16.8 Å². The number of benzene rings is 2. The number of anilines is 1. The number of nitrogens with one attached hydrogen (secondary N) is 1. The summed E-state index contributed by atoms with van der Waals surface area (Å²) in [7, 11) is 0. The Kier molecular flexibility index (Phi) is 4.64. The smallest absolute Gasteiger partial charge is 0.283 e. The summed E-state index contributed by atoms with van der Waals surface area (Å²) in [6, 6.07) is 15.1. The molecule has 0 saturated carbocycles. The van der Waals surface area contributed by atoms with Crippen molar-refractivity contribution in [1.29, 1.82) is 0 Å². The first-order valence-corrected chi connectivity index (χ1v) is 8.44. The van der Waals surface area contributed by atoms with Crippen molar-refractivity contribution < 1.29 is 9.59 Å². The first-order valence-electron chi connectivity index (χ1n) is 8.07. The van der Waals surface area contributed by atoms with Gasteiger partial charge in [0, 0.05) is 6.04 Å². The number of amides is 2. The number of carbonyl (C=O) groups is 2. The first kappa shape index (κ1) is 17.2. The van der Waals surface area contributed by atoms with Crippen molar-refractivity contribution in [3.63, 3.8) is 0 Å². The summed E-state index contributed by atoms with van der Waals surface area (Å²) in [5, 5.41) is 3.01. The Hall–Kier alpha value is -2.59. The van der Waals surface area contributed by atoms with E-state index in [1.807, 2.05) is 57.2 Å². The largest absolute Gasteiger partial charge is 0.373 e. The van der Waals surface area contributed by atoms with Crippen LogP contribution in [0.1, 0.15) is 29.7 Å². The number of aryl methyl sites for hydroxylation is 2. The number of hydrogen-bond donors (Lipinski definition) is 1. The minimum Gasteiger partial charge on any atom is -0.373 e. The monoisotopic (exact) mass is 354 g/mol. The van der Waals surface area contributed by atoms with E-state index < -0.39 is 11.8 Å². The topological polar surface area (TPSA) is 49.4 Å². The molecule has 25 heavy (non-hydrogen) atoms. The molecule has 0 radical (unpaired) electrons. The fraction of sp³-hybridized carbons (Fsp3) is 0.200. The molecule has 1 atom stereocenters. The molecular weight excluding hydrogens is 336 g/mol. The average Bonchev–Trinajstić information content (AvgIpc) is 2.78. The van der Waals surface area contributed by atoms with Gasteiger partial charge < -0.3 is 5.32 Å². The van der Waals surface area contributed by atoms with Crippen LogP contribution in [-0.2, 0) is 9.59 Å². The van der Waals surface area contributed by atoms with Crippen LogP contribution in [0.4, 0.5) is 5.69 Å². The Morgan fingerprint density at radius 2 is 1.56 bits per heavy atom. The highest BCUT2D eigenvalue weighted by molar-refractivity contribution is 6.52. The summed E-state index contributed by atoms with van der Waals surface area (Å²) in [6.07, 6.45) is 0. The summed E-state index contributed by atoms with van der Waals surface area (Å²) >= 11 is 6.18. The molecule has 2 amide bonds. The lowest BCUT2D eigenvalue weighted by Gasteiger charge is -2.18. The number of rotatable bonds is 4. The summed E-state index contributed by atoms with van der Waals surface area (Å²) < 4.78 is 0. The van der Waals surface area contributed by atoms with Crippen molar-refractivity contribution in [1.82, 2.24) is 5.32 Å². The number of imide groups is 1. The van der Waals surface area contributed by atoms with E-state index in [0.717, 1.165) is 21.6 Å². The van der Waals surface area contributed by atoms with Crippen LogP contribution in [0.5, 0.6) is 0 Å². The lowest BCUT2D eigenvalue weighted by molar-refractivity contribution is -0.120. The Labute approximate surface area is 152 Å². The van der Waals surface area contributed by atoms with Crippen LogP contribution in [0.3, 0.4) is 0 Å². The number of nitrogens with zero attached hydrogens (tertiary/aromatic N) is 1. The van der Waals surface area contributed by atoms with Gasteiger partial charge in [-0.05, 0) is 49.6 Å². The van der Waals surface area contributed by atoms with Crippen molar-refractivity contribution in [2.45, 2.75) is 26.8 Å². The van der Waals surface area contributed by atoms with Gasteiger partial charge in [-0.1, -0.05) is 48.0 Å². The molecule has 4 nitrogen and oxygen atoms in total. The first-order chi connectivity index (χ1) is 11.9. The van der Waals surface area contributed by atoms with E-state index in [1.54, 1.807) is 12.1 Å². The molecule has 1 N–H and O–H groups in total. The van der Waals surface area contributed by atoms with Crippen LogP contribution in [-0.4, -0.2) is 11.8 Å². The molecule has 128 valence electrons. The van der Waals surface area contributed by atoms with E-state index in [2.05, 4.69) is 5.32 Å². The van der Waals surface area contributed by atoms with Gasteiger partial charge in [0.1, 0.15) is 10.7 Å². The Bertz CT molecular complexity index is 854. The SMILES string of the molecule is Cc1cc(C)cc(N2C(=O)C(Cl)=C(NC(C)c3ccccc3)C2=O)c1. The fourth-order valence-electron chi connectivity index (χ4n) is 2.98. The normalized spacial score (nSPS) is 15.8. The second kappa shape index (κ2) is 6.73. The third-order valence-corrected chi connectivity index (χ3v) is 4.50. The summed E-state index contributed by atoms with van der Waals surface area (Å²) in [4.78, 5) is 26.5. The van der Waals surface area contributed by atoms with Crippen molar-refractivity contribution in [2.75, 3.05) is 4.90 Å². The maximum atomic E-state index is 12.8. The molecule has 3 rings (SSSR count). The zero-order valence-electron chi connectivity index (χ0n) is 14.3. The minimum absolute atomic E-state index is 0.0769. The van der Waals surface area contributed by atoms with Gasteiger partial charge in [-0.2, -0.15) is 0 Å². The van der Waals surface area contributed by atoms with Crippen LogP contribution in [0, 0.1) is 13.8 Å². The van der Waals surface area contributed by atoms with Gasteiger partial charge in [-0.15, -0.1) is 0 Å². The van der Waals surface area contributed by atoms with E-state index in [9.17, 15) is 9.59 Å². The Morgan fingerprint density at radius 1 is 0.960 bits per heavy atom. The van der Waals surface area contributed by atoms with Gasteiger partial charge in [-0.25, -0.2) is 4.90 Å². The standard InChI is InChI=1S/C20H19ClN2O2/c1-12-9-13(2)11-16(10-12)23-19(24)17(21)18(20(23)25)22-14(3)15-7-5-4-6-8-15/h4-11,14,22H,1-3H3. The number of hydrogen-bond acceptors (Lipinski definition) is 3. The second-order valence-corrected chi connectivity index (χ2v) is 6.64. The van der Waals surface area contributed by atoms with Crippen molar-refractivity contribution in [3.8, 4) is 0 Å². The molecule has 2 aromatic carbocycles. The van der Waals surface area contributed by atoms with Crippen molar-refractivity contribution in [3.05, 3.63) is 76.0 Å². The van der Waals surface area contributed by atoms with Gasteiger partial charge in [0.05, 0.1) is 5.69 Å². The van der Waals surface area contributed by atoms with E-state index in [0.29, 0.717) is 5.69 Å². The minimum atomic E-state index is -0.501.